The van der Waals surface area contributed by atoms with Gasteiger partial charge < -0.3 is 34.8 Å². The number of aliphatic hydroxyl groups is 4. The van der Waals surface area contributed by atoms with Gasteiger partial charge in [0, 0.05) is 23.7 Å². The van der Waals surface area contributed by atoms with E-state index in [0.29, 0.717) is 12.1 Å². The smallest absolute Gasteiger partial charge is 0.115 e. The largest absolute Gasteiger partial charge is 0.508 e. The number of aromatic hydroxyl groups is 1. The summed E-state index contributed by atoms with van der Waals surface area (Å²) in [5.41, 5.74) is 3.81. The van der Waals surface area contributed by atoms with Gasteiger partial charge in [-0.3, -0.25) is 0 Å². The van der Waals surface area contributed by atoms with Gasteiger partial charge >= 0.3 is 0 Å². The number of nitrogens with zero attached hydrogens (tertiary/aromatic N) is 1. The highest BCUT2D eigenvalue weighted by molar-refractivity contribution is 5.87. The predicted octanol–water partition coefficient (Wildman–Crippen LogP) is 1.47. The molecule has 5 N–H and O–H groups in total. The van der Waals surface area contributed by atoms with Crippen molar-refractivity contribution >= 4 is 10.9 Å². The molecular weight excluding hydrogens is 386 g/mol. The Hall–Kier alpha value is -2.42. The van der Waals surface area contributed by atoms with E-state index in [0.717, 1.165) is 28.5 Å². The number of para-hydroxylation sites is 1. The van der Waals surface area contributed by atoms with Gasteiger partial charge in [0.15, 0.2) is 0 Å². The van der Waals surface area contributed by atoms with Crippen LogP contribution in [0, 0.1) is 0 Å². The molecule has 2 heterocycles. The SMILES string of the molecule is CCc1cccc2c([C@@H]3O[C@H](CO)[C@@H](O)[C@H](O)[C@H]3O)cn(Cc3ccc(O)cc3)c12. The van der Waals surface area contributed by atoms with Gasteiger partial charge in [-0.25, -0.2) is 0 Å². The van der Waals surface area contributed by atoms with Gasteiger partial charge in [0.1, 0.15) is 36.3 Å². The third-order valence-corrected chi connectivity index (χ3v) is 5.88. The number of ether oxygens (including phenoxy) is 1. The molecule has 0 radical (unpaired) electrons. The van der Waals surface area contributed by atoms with E-state index in [1.807, 2.05) is 36.5 Å². The number of fused-ring (bicyclic) bond motifs is 1. The van der Waals surface area contributed by atoms with Gasteiger partial charge in [-0.15, -0.1) is 0 Å². The Labute approximate surface area is 174 Å². The lowest BCUT2D eigenvalue weighted by molar-refractivity contribution is -0.231. The molecule has 1 saturated heterocycles. The zero-order chi connectivity index (χ0) is 21.4. The lowest BCUT2D eigenvalue weighted by Gasteiger charge is -2.40. The number of benzene rings is 2. The van der Waals surface area contributed by atoms with Crippen LogP contribution in [-0.4, -0.2) is 61.1 Å². The Morgan fingerprint density at radius 2 is 1.70 bits per heavy atom. The fourth-order valence-electron chi connectivity index (χ4n) is 4.26. The van der Waals surface area contributed by atoms with Crippen LogP contribution < -0.4 is 0 Å². The van der Waals surface area contributed by atoms with Crippen molar-refractivity contribution in [1.29, 1.82) is 0 Å². The minimum atomic E-state index is -1.43. The van der Waals surface area contributed by atoms with Gasteiger partial charge in [-0.05, 0) is 29.7 Å². The standard InChI is InChI=1S/C23H27NO6/c1-2-14-4-3-5-16-17(23-22(29)21(28)20(27)18(12-25)30-23)11-24(19(14)16)10-13-6-8-15(26)9-7-13/h3-9,11,18,20-23,25-29H,2,10,12H2,1H3/t18-,20-,21+,22-,23+/m1/s1. The Morgan fingerprint density at radius 1 is 0.967 bits per heavy atom. The average molecular weight is 413 g/mol. The molecule has 1 fully saturated rings. The predicted molar refractivity (Wildman–Crippen MR) is 111 cm³/mol. The number of phenols is 1. The minimum absolute atomic E-state index is 0.201. The summed E-state index contributed by atoms with van der Waals surface area (Å²) in [4.78, 5) is 0. The molecule has 2 aromatic carbocycles. The fourth-order valence-corrected chi connectivity index (χ4v) is 4.26. The Bertz CT molecular complexity index is 1010. The van der Waals surface area contributed by atoms with Crippen LogP contribution in [0.5, 0.6) is 5.75 Å². The number of aliphatic hydroxyl groups excluding tert-OH is 4. The van der Waals surface area contributed by atoms with E-state index in [1.54, 1.807) is 12.1 Å². The maximum absolute atomic E-state index is 10.6. The van der Waals surface area contributed by atoms with Gasteiger partial charge in [0.25, 0.3) is 0 Å². The number of phenolic OH excluding ortho intramolecular Hbond substituents is 1. The van der Waals surface area contributed by atoms with Gasteiger partial charge in [-0.2, -0.15) is 0 Å². The van der Waals surface area contributed by atoms with Gasteiger partial charge in [0.05, 0.1) is 12.1 Å². The van der Waals surface area contributed by atoms with E-state index < -0.39 is 37.1 Å². The molecular formula is C23H27NO6. The maximum Gasteiger partial charge on any atom is 0.115 e. The number of aromatic nitrogens is 1. The quantitative estimate of drug-likeness (QED) is 0.433. The van der Waals surface area contributed by atoms with E-state index >= 15 is 0 Å². The van der Waals surface area contributed by atoms with Crippen molar-refractivity contribution in [1.82, 2.24) is 4.57 Å². The van der Waals surface area contributed by atoms with Crippen molar-refractivity contribution in [2.45, 2.75) is 50.4 Å². The first-order chi connectivity index (χ1) is 14.4. The molecule has 0 bridgehead atoms. The van der Waals surface area contributed by atoms with Gasteiger partial charge in [0.2, 0.25) is 0 Å². The normalized spacial score (nSPS) is 26.9. The van der Waals surface area contributed by atoms with Crippen LogP contribution in [0.2, 0.25) is 0 Å². The summed E-state index contributed by atoms with van der Waals surface area (Å²) >= 11 is 0. The van der Waals surface area contributed by atoms with Crippen molar-refractivity contribution in [2.75, 3.05) is 6.61 Å². The molecule has 0 unspecified atom stereocenters. The van der Waals surface area contributed by atoms with Crippen molar-refractivity contribution in [2.24, 2.45) is 0 Å². The molecule has 7 nitrogen and oxygen atoms in total. The Morgan fingerprint density at radius 3 is 2.37 bits per heavy atom. The van der Waals surface area contributed by atoms with E-state index in [9.17, 15) is 25.5 Å². The zero-order valence-electron chi connectivity index (χ0n) is 16.7. The first-order valence-electron chi connectivity index (χ1n) is 10.1. The second kappa shape index (κ2) is 8.37. The van der Waals surface area contributed by atoms with E-state index in [4.69, 9.17) is 4.74 Å². The van der Waals surface area contributed by atoms with Crippen LogP contribution in [0.3, 0.4) is 0 Å². The molecule has 30 heavy (non-hydrogen) atoms. The summed E-state index contributed by atoms with van der Waals surface area (Å²) in [6, 6.07) is 12.9. The van der Waals surface area contributed by atoms with Crippen LogP contribution in [0.1, 0.15) is 29.7 Å². The molecule has 1 aromatic heterocycles. The third-order valence-electron chi connectivity index (χ3n) is 5.88. The van der Waals surface area contributed by atoms with E-state index in [2.05, 4.69) is 11.5 Å². The minimum Gasteiger partial charge on any atom is -0.508 e. The number of aryl methyl sites for hydroxylation is 1. The molecule has 0 spiro atoms. The summed E-state index contributed by atoms with van der Waals surface area (Å²) in [6.45, 7) is 2.15. The molecule has 0 amide bonds. The van der Waals surface area contributed by atoms with Crippen molar-refractivity contribution < 1.29 is 30.3 Å². The number of hydrogen-bond acceptors (Lipinski definition) is 6. The topological polar surface area (TPSA) is 115 Å². The number of hydrogen-bond donors (Lipinski definition) is 5. The molecule has 160 valence electrons. The fraction of sp³-hybridized carbons (Fsp3) is 0.391. The Kier molecular flexibility index (Phi) is 5.81. The molecule has 3 aromatic rings. The van der Waals surface area contributed by atoms with E-state index in [-0.39, 0.29) is 5.75 Å². The molecule has 1 aliphatic rings. The first kappa shape index (κ1) is 20.8. The Balaban J connectivity index is 1.81. The van der Waals surface area contributed by atoms with Crippen molar-refractivity contribution in [3.8, 4) is 5.75 Å². The number of rotatable bonds is 5. The molecule has 5 atom stereocenters. The molecule has 0 saturated carbocycles. The van der Waals surface area contributed by atoms with Crippen LogP contribution in [0.15, 0.2) is 48.7 Å². The maximum atomic E-state index is 10.6. The summed E-state index contributed by atoms with van der Waals surface area (Å²) in [6.07, 6.45) is -3.30. The zero-order valence-corrected chi connectivity index (χ0v) is 16.7. The first-order valence-corrected chi connectivity index (χ1v) is 10.1. The highest BCUT2D eigenvalue weighted by Crippen LogP contribution is 2.38. The molecule has 7 heteroatoms. The van der Waals surface area contributed by atoms with Crippen LogP contribution >= 0.6 is 0 Å². The molecule has 4 rings (SSSR count). The molecule has 0 aliphatic carbocycles. The summed E-state index contributed by atoms with van der Waals surface area (Å²) < 4.78 is 7.89. The lowest BCUT2D eigenvalue weighted by Crippen LogP contribution is -2.55. The second-order valence-electron chi connectivity index (χ2n) is 7.80. The van der Waals surface area contributed by atoms with Crippen LogP contribution in [-0.2, 0) is 17.7 Å². The van der Waals surface area contributed by atoms with Gasteiger partial charge in [-0.1, -0.05) is 37.3 Å². The highest BCUT2D eigenvalue weighted by atomic mass is 16.5. The van der Waals surface area contributed by atoms with Crippen LogP contribution in [0.4, 0.5) is 0 Å². The summed E-state index contributed by atoms with van der Waals surface area (Å²) in [5, 5.41) is 51.0. The third kappa shape index (κ3) is 3.59. The van der Waals surface area contributed by atoms with E-state index in [1.165, 1.54) is 0 Å². The monoisotopic (exact) mass is 413 g/mol. The molecule has 1 aliphatic heterocycles. The van der Waals surface area contributed by atoms with Crippen LogP contribution in [0.25, 0.3) is 10.9 Å². The second-order valence-corrected chi connectivity index (χ2v) is 7.80. The average Bonchev–Trinajstić information content (AvgIpc) is 3.12. The summed E-state index contributed by atoms with van der Waals surface area (Å²) in [5.74, 6) is 0.201. The van der Waals surface area contributed by atoms with Crippen molar-refractivity contribution in [3.05, 3.63) is 65.4 Å². The lowest BCUT2D eigenvalue weighted by atomic mass is 9.91. The highest BCUT2D eigenvalue weighted by Gasteiger charge is 2.44. The summed E-state index contributed by atoms with van der Waals surface area (Å²) in [7, 11) is 0. The van der Waals surface area contributed by atoms with Crippen molar-refractivity contribution in [3.63, 3.8) is 0 Å².